The summed E-state index contributed by atoms with van der Waals surface area (Å²) in [5.41, 5.74) is 63.3. The van der Waals surface area contributed by atoms with Crippen LogP contribution in [0.2, 0.25) is 0 Å². The van der Waals surface area contributed by atoms with Gasteiger partial charge in [0.1, 0.15) is 28.2 Å². The molecule has 8 saturated carbocycles. The van der Waals surface area contributed by atoms with Gasteiger partial charge in [0.05, 0.1) is 22.3 Å². The van der Waals surface area contributed by atoms with Crippen molar-refractivity contribution in [2.24, 2.45) is 71.5 Å². The Hall–Kier alpha value is -9.64. The smallest absolute Gasteiger partial charge is 0.201 e. The molecule has 4 spiro atoms. The number of aryl methyl sites for hydroxylation is 16. The molecule has 144 heavy (non-hydrogen) atoms. The molecule has 0 unspecified atom stereocenters. The van der Waals surface area contributed by atoms with Crippen LogP contribution in [0.1, 0.15) is 418 Å². The predicted molar refractivity (Wildman–Crippen MR) is 606 cm³/mol. The molecular formula is C140H176N4+4. The van der Waals surface area contributed by atoms with Crippen molar-refractivity contribution in [1.29, 1.82) is 0 Å². The van der Waals surface area contributed by atoms with Crippen molar-refractivity contribution in [2.75, 3.05) is 0 Å². The molecule has 0 amide bonds. The fraction of sp³-hybridized carbons (Fsp3) is 0.514. The summed E-state index contributed by atoms with van der Waals surface area (Å²) in [6.07, 6.45) is 59.2. The number of benzene rings is 8. The van der Waals surface area contributed by atoms with Gasteiger partial charge in [0.15, 0.2) is 24.8 Å². The van der Waals surface area contributed by atoms with Crippen molar-refractivity contribution in [3.8, 4) is 89.5 Å². The quantitative estimate of drug-likeness (QED) is 0.135. The Kier molecular flexibility index (Phi) is 26.8. The molecule has 0 atom stereocenters. The van der Waals surface area contributed by atoms with Gasteiger partial charge in [-0.15, -0.1) is 0 Å². The number of fused-ring (bicyclic) bond motifs is 12. The van der Waals surface area contributed by atoms with Gasteiger partial charge in [0, 0.05) is 46.5 Å². The van der Waals surface area contributed by atoms with E-state index in [4.69, 9.17) is 0 Å². The highest BCUT2D eigenvalue weighted by molar-refractivity contribution is 5.90. The first-order valence-electron chi connectivity index (χ1n) is 57.5. The van der Waals surface area contributed by atoms with Gasteiger partial charge in [-0.05, 0) is 526 Å². The first-order valence-corrected chi connectivity index (χ1v) is 57.5. The summed E-state index contributed by atoms with van der Waals surface area (Å²) in [6.45, 7) is 47.4. The maximum Gasteiger partial charge on any atom is 0.213 e. The molecule has 752 valence electrons. The molecule has 4 nitrogen and oxygen atoms in total. The summed E-state index contributed by atoms with van der Waals surface area (Å²) in [5, 5.41) is 0. The van der Waals surface area contributed by atoms with E-state index in [1.165, 1.54) is 406 Å². The monoisotopic (exact) mass is 1910 g/mol. The average Bonchev–Trinajstić information content (AvgIpc) is 1.55. The minimum Gasteiger partial charge on any atom is -0.201 e. The highest BCUT2D eigenvalue weighted by atomic mass is 14.9. The lowest BCUT2D eigenvalue weighted by Gasteiger charge is -2.47. The lowest BCUT2D eigenvalue weighted by molar-refractivity contribution is -0.661. The number of pyridine rings is 4. The molecule has 4 heterocycles. The summed E-state index contributed by atoms with van der Waals surface area (Å²) in [6, 6.07) is 56.7. The maximum absolute atomic E-state index is 2.59. The molecule has 0 aliphatic heterocycles. The van der Waals surface area contributed by atoms with E-state index in [0.29, 0.717) is 67.0 Å². The minimum atomic E-state index is 0.563. The Labute approximate surface area is 870 Å². The summed E-state index contributed by atoms with van der Waals surface area (Å²) in [7, 11) is 8.99. The normalized spacial score (nSPS) is 20.4. The van der Waals surface area contributed by atoms with Crippen LogP contribution in [0.25, 0.3) is 89.5 Å². The van der Waals surface area contributed by atoms with Crippen molar-refractivity contribution < 1.29 is 18.3 Å². The first-order chi connectivity index (χ1) is 68.6. The second-order valence-corrected chi connectivity index (χ2v) is 53.8. The number of rotatable bonds is 8. The molecule has 12 aliphatic rings. The maximum atomic E-state index is 2.59. The van der Waals surface area contributed by atoms with Crippen LogP contribution in [0.15, 0.2) is 170 Å². The Morgan fingerprint density at radius 3 is 0.889 bits per heavy atom. The van der Waals surface area contributed by atoms with E-state index < -0.39 is 0 Å². The molecule has 4 heteroatoms. The fourth-order valence-electron chi connectivity index (χ4n) is 31.7. The van der Waals surface area contributed by atoms with Crippen LogP contribution in [-0.4, -0.2) is 0 Å². The van der Waals surface area contributed by atoms with E-state index in [9.17, 15) is 0 Å². The summed E-state index contributed by atoms with van der Waals surface area (Å²) in [5.74, 6) is 2.84. The molecule has 0 saturated heterocycles. The Bertz CT molecular complexity index is 6950. The number of aromatic nitrogens is 4. The van der Waals surface area contributed by atoms with Crippen molar-refractivity contribution in [3.05, 3.63) is 304 Å². The first kappa shape index (κ1) is 100. The van der Waals surface area contributed by atoms with E-state index in [1.807, 2.05) is 0 Å². The molecule has 0 N–H and O–H groups in total. The second-order valence-electron chi connectivity index (χ2n) is 53.8. The van der Waals surface area contributed by atoms with E-state index >= 15 is 0 Å². The molecule has 8 aromatic carbocycles. The van der Waals surface area contributed by atoms with Gasteiger partial charge in [0.2, 0.25) is 22.8 Å². The van der Waals surface area contributed by atoms with E-state index in [1.54, 1.807) is 22.3 Å². The fourth-order valence-corrected chi connectivity index (χ4v) is 31.7. The molecule has 8 fully saturated rings. The van der Waals surface area contributed by atoms with Crippen LogP contribution < -0.4 is 18.3 Å². The molecule has 0 bridgehead atoms. The molecule has 0 radical (unpaired) electrons. The largest absolute Gasteiger partial charge is 0.213 e. The average molecular weight is 1910 g/mol. The van der Waals surface area contributed by atoms with Gasteiger partial charge in [-0.1, -0.05) is 188 Å². The summed E-state index contributed by atoms with van der Waals surface area (Å²) >= 11 is 0. The molecule has 12 aliphatic carbocycles. The summed E-state index contributed by atoms with van der Waals surface area (Å²) in [4.78, 5) is 0. The van der Waals surface area contributed by atoms with Crippen molar-refractivity contribution in [2.45, 2.75) is 393 Å². The Balaban J connectivity index is 0.000000113. The number of hydrogen-bond acceptors (Lipinski definition) is 0. The molecule has 4 aromatic heterocycles. The predicted octanol–water partition coefficient (Wildman–Crippen LogP) is 35.7. The topological polar surface area (TPSA) is 15.5 Å². The van der Waals surface area contributed by atoms with Crippen molar-refractivity contribution in [3.63, 3.8) is 0 Å². The zero-order chi connectivity index (χ0) is 101. The standard InChI is InChI=1S/4C35H44N/c1-23-7-9-28-27(19-23)20-31-29(28)10-8-24(2)33(31)32-21-30(25(3)22-36(32)6)26-11-13-35(14-12-26)17-15-34(4,5)16-18-35;1-23-7-9-27-20-31-28(30(27)19-23)10-8-24(2)33(31)32-21-29(25(3)22-36(32)6)26-11-13-35(14-12-26)17-15-34(4,5)16-18-35;1-23-8-7-9-27-20-30-28(32(23)27)11-10-24(2)33(30)31-21-29(25(3)22-36(31)6)26-12-14-35(15-13-26)18-16-34(4,5)17-19-35;1-23-19-24(2)33(30-20-27-9-7-8-10-28(27)32(23)30)31-21-29(25(3)22-36(31)6)26-11-13-35(14-12-26)17-15-34(4,5)16-18-35/h2*7-10,19,21-22,26H,11-18,20H2,1-6H3;7-11,21-22,26H,12-20H2,1-6H3;7-10,19,21-22,26H,11-18,20H2,1-6H3/q4*+1. The molecular weight excluding hydrogens is 1740 g/mol. The van der Waals surface area contributed by atoms with Gasteiger partial charge in [-0.3, -0.25) is 0 Å². The summed E-state index contributed by atoms with van der Waals surface area (Å²) < 4.78 is 9.57. The minimum absolute atomic E-state index is 0.563. The van der Waals surface area contributed by atoms with Crippen LogP contribution >= 0.6 is 0 Å². The van der Waals surface area contributed by atoms with Gasteiger partial charge in [-0.2, -0.15) is 0 Å². The Morgan fingerprint density at radius 1 is 0.201 bits per heavy atom. The van der Waals surface area contributed by atoms with Crippen molar-refractivity contribution >= 4 is 0 Å². The molecule has 24 rings (SSSR count). The van der Waals surface area contributed by atoms with Gasteiger partial charge in [0.25, 0.3) is 0 Å². The van der Waals surface area contributed by atoms with E-state index in [-0.39, 0.29) is 0 Å². The van der Waals surface area contributed by atoms with Crippen LogP contribution in [0.3, 0.4) is 0 Å². The lowest BCUT2D eigenvalue weighted by Crippen LogP contribution is -2.35. The second kappa shape index (κ2) is 38.5. The molecule has 12 aromatic rings. The zero-order valence-corrected chi connectivity index (χ0v) is 93.7. The van der Waals surface area contributed by atoms with Gasteiger partial charge in [-0.25, -0.2) is 18.3 Å². The zero-order valence-electron chi connectivity index (χ0n) is 93.7. The van der Waals surface area contributed by atoms with Crippen molar-refractivity contribution in [1.82, 2.24) is 0 Å². The van der Waals surface area contributed by atoms with Crippen LogP contribution in [0, 0.1) is 126 Å². The third-order valence-corrected chi connectivity index (χ3v) is 41.6. The third kappa shape index (κ3) is 19.3. The van der Waals surface area contributed by atoms with E-state index in [0.717, 1.165) is 25.7 Å². The number of nitrogens with zero attached hydrogens (tertiary/aromatic N) is 4. The highest BCUT2D eigenvalue weighted by Gasteiger charge is 2.48. The Morgan fingerprint density at radius 2 is 0.493 bits per heavy atom. The van der Waals surface area contributed by atoms with Crippen LogP contribution in [0.4, 0.5) is 0 Å². The van der Waals surface area contributed by atoms with Crippen LogP contribution in [0.5, 0.6) is 0 Å². The van der Waals surface area contributed by atoms with Crippen LogP contribution in [-0.2, 0) is 53.9 Å². The lowest BCUT2D eigenvalue weighted by atomic mass is 9.58. The highest BCUT2D eigenvalue weighted by Crippen LogP contribution is 2.62. The number of hydrogen-bond donors (Lipinski definition) is 0. The van der Waals surface area contributed by atoms with E-state index in [2.05, 4.69) is 355 Å². The SMILES string of the molecule is Cc1c[n+](C)c(-c2c(C)cc(C)c3c2Cc2ccccc2-3)cc1C1CCC2(CC1)CCC(C)(C)CC2.Cc1c[n+](C)c(-c2c(C)ccc3c2Cc2cccc(C)c2-3)cc1C1CCC2(CC1)CCC(C)(C)CC2.Cc1ccc2c(c1)-c1ccc(C)c(-c3cc(C4CCC5(CC4)CCC(C)(C)CC5)c(C)c[n+]3C)c1C2.Cc1ccc2c(c1)Cc1c-2ccc(C)c1-c1cc(C2CCC3(CC2)CCC(C)(C)CC3)c(C)c[n+]1C. The van der Waals surface area contributed by atoms with Gasteiger partial charge >= 0.3 is 0 Å². The third-order valence-electron chi connectivity index (χ3n) is 41.6. The van der Waals surface area contributed by atoms with Gasteiger partial charge < -0.3 is 0 Å².